The highest BCUT2D eigenvalue weighted by Gasteiger charge is 2.36. The van der Waals surface area contributed by atoms with Crippen LogP contribution in [-0.4, -0.2) is 24.1 Å². The third-order valence-corrected chi connectivity index (χ3v) is 4.25. The fraction of sp³-hybridized carbons (Fsp3) is 0.750. The Morgan fingerprint density at radius 2 is 1.90 bits per heavy atom. The van der Waals surface area contributed by atoms with E-state index in [1.165, 1.54) is 25.7 Å². The Hall–Kier alpha value is -1.16. The molecule has 2 rings (SSSR count). The molecule has 0 bridgehead atoms. The van der Waals surface area contributed by atoms with Crippen LogP contribution in [0.4, 0.5) is 5.82 Å². The van der Waals surface area contributed by atoms with Crippen LogP contribution >= 0.6 is 0 Å². The van der Waals surface area contributed by atoms with Gasteiger partial charge >= 0.3 is 0 Å². The standard InChI is InChI=1S/C16H27N3O/c1-4-9-13-12-14(17-2)19-15(18-13)16(20-3)10-7-5-6-8-11-16/h12H,4-11H2,1-3H3,(H,17,18,19). The molecule has 0 unspecified atom stereocenters. The van der Waals surface area contributed by atoms with E-state index in [2.05, 4.69) is 12.2 Å². The van der Waals surface area contributed by atoms with E-state index in [1.807, 2.05) is 13.1 Å². The van der Waals surface area contributed by atoms with Crippen LogP contribution in [0.5, 0.6) is 0 Å². The second-order valence-electron chi connectivity index (χ2n) is 5.68. The van der Waals surface area contributed by atoms with Crippen molar-refractivity contribution in [2.75, 3.05) is 19.5 Å². The third-order valence-electron chi connectivity index (χ3n) is 4.25. The molecule has 0 saturated heterocycles. The van der Waals surface area contributed by atoms with Crippen LogP contribution in [-0.2, 0) is 16.8 Å². The fourth-order valence-electron chi connectivity index (χ4n) is 3.03. The second-order valence-corrected chi connectivity index (χ2v) is 5.68. The first-order chi connectivity index (χ1) is 9.74. The lowest BCUT2D eigenvalue weighted by molar-refractivity contribution is -0.0352. The molecule has 0 amide bonds. The lowest BCUT2D eigenvalue weighted by Gasteiger charge is -2.30. The van der Waals surface area contributed by atoms with E-state index >= 15 is 0 Å². The van der Waals surface area contributed by atoms with E-state index in [0.717, 1.165) is 43.0 Å². The van der Waals surface area contributed by atoms with Crippen molar-refractivity contribution in [2.24, 2.45) is 0 Å². The maximum Gasteiger partial charge on any atom is 0.162 e. The van der Waals surface area contributed by atoms with Gasteiger partial charge in [0.25, 0.3) is 0 Å². The maximum atomic E-state index is 5.92. The molecule has 4 heteroatoms. The fourth-order valence-corrected chi connectivity index (χ4v) is 3.03. The highest BCUT2D eigenvalue weighted by molar-refractivity contribution is 5.36. The molecule has 1 saturated carbocycles. The molecule has 1 aliphatic rings. The monoisotopic (exact) mass is 277 g/mol. The van der Waals surface area contributed by atoms with Crippen molar-refractivity contribution in [3.8, 4) is 0 Å². The average Bonchev–Trinajstić information content (AvgIpc) is 2.73. The lowest BCUT2D eigenvalue weighted by atomic mass is 9.93. The van der Waals surface area contributed by atoms with E-state index in [1.54, 1.807) is 7.11 Å². The van der Waals surface area contributed by atoms with Crippen molar-refractivity contribution in [1.29, 1.82) is 0 Å². The van der Waals surface area contributed by atoms with Gasteiger partial charge in [-0.15, -0.1) is 0 Å². The zero-order valence-electron chi connectivity index (χ0n) is 13.0. The van der Waals surface area contributed by atoms with Crippen molar-refractivity contribution in [3.63, 3.8) is 0 Å². The van der Waals surface area contributed by atoms with Crippen LogP contribution in [0, 0.1) is 0 Å². The molecule has 0 radical (unpaired) electrons. The summed E-state index contributed by atoms with van der Waals surface area (Å²) in [6.45, 7) is 2.18. The summed E-state index contributed by atoms with van der Waals surface area (Å²) in [4.78, 5) is 9.50. The average molecular weight is 277 g/mol. The van der Waals surface area contributed by atoms with Gasteiger partial charge in [-0.2, -0.15) is 0 Å². The molecular formula is C16H27N3O. The minimum atomic E-state index is -0.286. The quantitative estimate of drug-likeness (QED) is 0.834. The molecule has 1 aromatic rings. The summed E-state index contributed by atoms with van der Waals surface area (Å²) >= 11 is 0. The Bertz CT molecular complexity index is 426. The van der Waals surface area contributed by atoms with E-state index < -0.39 is 0 Å². The Kier molecular flexibility index (Phi) is 5.35. The zero-order chi connectivity index (χ0) is 14.4. The summed E-state index contributed by atoms with van der Waals surface area (Å²) in [7, 11) is 3.72. The molecule has 1 aliphatic carbocycles. The summed E-state index contributed by atoms with van der Waals surface area (Å²) in [5.74, 6) is 1.77. The van der Waals surface area contributed by atoms with Crippen LogP contribution in [0.1, 0.15) is 63.4 Å². The minimum absolute atomic E-state index is 0.286. The number of ether oxygens (including phenoxy) is 1. The molecular weight excluding hydrogens is 250 g/mol. The summed E-state index contributed by atoms with van der Waals surface area (Å²) < 4.78 is 5.92. The lowest BCUT2D eigenvalue weighted by Crippen LogP contribution is -2.31. The van der Waals surface area contributed by atoms with Crippen molar-refractivity contribution in [1.82, 2.24) is 9.97 Å². The minimum Gasteiger partial charge on any atom is -0.373 e. The van der Waals surface area contributed by atoms with Gasteiger partial charge < -0.3 is 10.1 Å². The summed E-state index contributed by atoms with van der Waals surface area (Å²) in [5.41, 5.74) is 0.828. The van der Waals surface area contributed by atoms with Gasteiger partial charge in [0, 0.05) is 25.9 Å². The van der Waals surface area contributed by atoms with Crippen LogP contribution in [0.3, 0.4) is 0 Å². The Balaban J connectivity index is 2.38. The molecule has 1 fully saturated rings. The smallest absolute Gasteiger partial charge is 0.162 e. The number of aryl methyl sites for hydroxylation is 1. The van der Waals surface area contributed by atoms with Gasteiger partial charge in [-0.25, -0.2) is 9.97 Å². The summed E-state index contributed by atoms with van der Waals surface area (Å²) in [6.07, 6.45) is 9.12. The number of aromatic nitrogens is 2. The molecule has 20 heavy (non-hydrogen) atoms. The Morgan fingerprint density at radius 1 is 1.20 bits per heavy atom. The normalized spacial score (nSPS) is 18.6. The van der Waals surface area contributed by atoms with Gasteiger partial charge in [0.1, 0.15) is 11.4 Å². The predicted octanol–water partition coefficient (Wildman–Crippen LogP) is 3.67. The van der Waals surface area contributed by atoms with Crippen molar-refractivity contribution in [3.05, 3.63) is 17.6 Å². The van der Waals surface area contributed by atoms with Crippen molar-refractivity contribution < 1.29 is 4.74 Å². The largest absolute Gasteiger partial charge is 0.373 e. The van der Waals surface area contributed by atoms with Gasteiger partial charge in [0.2, 0.25) is 0 Å². The number of methoxy groups -OCH3 is 1. The molecule has 1 aromatic heterocycles. The van der Waals surface area contributed by atoms with Crippen LogP contribution in [0.2, 0.25) is 0 Å². The predicted molar refractivity (Wildman–Crippen MR) is 82.0 cm³/mol. The first-order valence-electron chi connectivity index (χ1n) is 7.85. The van der Waals surface area contributed by atoms with Crippen LogP contribution in [0.25, 0.3) is 0 Å². The molecule has 0 spiro atoms. The molecule has 112 valence electrons. The zero-order valence-corrected chi connectivity index (χ0v) is 13.0. The molecule has 0 atom stereocenters. The van der Waals surface area contributed by atoms with E-state index in [0.29, 0.717) is 0 Å². The Labute approximate surface area is 122 Å². The van der Waals surface area contributed by atoms with Gasteiger partial charge in [0.15, 0.2) is 5.82 Å². The molecule has 0 aromatic carbocycles. The molecule has 0 aliphatic heterocycles. The number of hydrogen-bond donors (Lipinski definition) is 1. The number of anilines is 1. The third kappa shape index (κ3) is 3.29. The first-order valence-corrected chi connectivity index (χ1v) is 7.85. The van der Waals surface area contributed by atoms with Crippen LogP contribution in [0.15, 0.2) is 6.07 Å². The van der Waals surface area contributed by atoms with Gasteiger partial charge in [-0.1, -0.05) is 39.0 Å². The molecule has 1 N–H and O–H groups in total. The van der Waals surface area contributed by atoms with Crippen LogP contribution < -0.4 is 5.32 Å². The first kappa shape index (κ1) is 15.2. The number of nitrogens with one attached hydrogen (secondary N) is 1. The Morgan fingerprint density at radius 3 is 2.45 bits per heavy atom. The van der Waals surface area contributed by atoms with Crippen molar-refractivity contribution >= 4 is 5.82 Å². The van der Waals surface area contributed by atoms with Gasteiger partial charge in [0.05, 0.1) is 0 Å². The highest BCUT2D eigenvalue weighted by Crippen LogP contribution is 2.37. The van der Waals surface area contributed by atoms with Gasteiger partial charge in [-0.3, -0.25) is 0 Å². The second kappa shape index (κ2) is 7.02. The van der Waals surface area contributed by atoms with E-state index in [9.17, 15) is 0 Å². The number of rotatable bonds is 5. The molecule has 4 nitrogen and oxygen atoms in total. The number of nitrogens with zero attached hydrogens (tertiary/aromatic N) is 2. The summed E-state index contributed by atoms with van der Waals surface area (Å²) in [6, 6.07) is 2.05. The summed E-state index contributed by atoms with van der Waals surface area (Å²) in [5, 5.41) is 3.16. The number of hydrogen-bond acceptors (Lipinski definition) is 4. The SMILES string of the molecule is CCCc1cc(NC)nc(C2(OC)CCCCCC2)n1. The van der Waals surface area contributed by atoms with E-state index in [4.69, 9.17) is 14.7 Å². The van der Waals surface area contributed by atoms with Gasteiger partial charge in [-0.05, 0) is 19.3 Å². The van der Waals surface area contributed by atoms with Crippen molar-refractivity contribution in [2.45, 2.75) is 63.9 Å². The highest BCUT2D eigenvalue weighted by atomic mass is 16.5. The molecule has 1 heterocycles. The van der Waals surface area contributed by atoms with E-state index in [-0.39, 0.29) is 5.60 Å². The topological polar surface area (TPSA) is 47.0 Å². The maximum absolute atomic E-state index is 5.92.